The molecule has 6 nitrogen and oxygen atoms in total. The zero-order valence-corrected chi connectivity index (χ0v) is 9.99. The molecule has 0 spiro atoms. The summed E-state index contributed by atoms with van der Waals surface area (Å²) in [6.45, 7) is 1.77. The first kappa shape index (κ1) is 12.5. The highest BCUT2D eigenvalue weighted by Crippen LogP contribution is 2.26. The Morgan fingerprint density at radius 3 is 2.95 bits per heavy atom. The van der Waals surface area contributed by atoms with Crippen molar-refractivity contribution in [2.75, 3.05) is 0 Å². The van der Waals surface area contributed by atoms with Gasteiger partial charge in [-0.3, -0.25) is 0 Å². The van der Waals surface area contributed by atoms with Gasteiger partial charge in [-0.25, -0.2) is 14.8 Å². The number of aryl methyl sites for hydroxylation is 1. The molecule has 0 amide bonds. The first-order valence-corrected chi connectivity index (χ1v) is 5.33. The topological polar surface area (TPSA) is 96.1 Å². The zero-order chi connectivity index (χ0) is 13.8. The second-order valence-corrected chi connectivity index (χ2v) is 3.74. The van der Waals surface area contributed by atoms with Crippen molar-refractivity contribution in [2.45, 2.75) is 6.92 Å². The molecule has 19 heavy (non-hydrogen) atoms. The Hall–Kier alpha value is -2.94. The smallest absolute Gasteiger partial charge is 0.335 e. The third-order valence-electron chi connectivity index (χ3n) is 2.44. The van der Waals surface area contributed by atoms with E-state index in [9.17, 15) is 4.79 Å². The van der Waals surface area contributed by atoms with E-state index < -0.39 is 5.97 Å². The predicted molar refractivity (Wildman–Crippen MR) is 65.0 cm³/mol. The largest absolute Gasteiger partial charge is 0.478 e. The summed E-state index contributed by atoms with van der Waals surface area (Å²) in [6.07, 6.45) is 2.59. The molecule has 0 bridgehead atoms. The van der Waals surface area contributed by atoms with E-state index >= 15 is 0 Å². The first-order chi connectivity index (χ1) is 9.11. The summed E-state index contributed by atoms with van der Waals surface area (Å²) in [5.41, 5.74) is 1.03. The van der Waals surface area contributed by atoms with Crippen LogP contribution in [0.15, 0.2) is 30.7 Å². The predicted octanol–water partition coefficient (Wildman–Crippen LogP) is 2.15. The lowest BCUT2D eigenvalue weighted by Crippen LogP contribution is -1.99. The highest BCUT2D eigenvalue weighted by atomic mass is 16.5. The average molecular weight is 255 g/mol. The molecule has 0 aliphatic rings. The fourth-order valence-corrected chi connectivity index (χ4v) is 1.42. The van der Waals surface area contributed by atoms with E-state index in [4.69, 9.17) is 15.1 Å². The number of carboxylic acid groups (broad SMARTS) is 1. The molecular weight excluding hydrogens is 246 g/mol. The number of aromatic nitrogens is 2. The fourth-order valence-electron chi connectivity index (χ4n) is 1.42. The highest BCUT2D eigenvalue weighted by molar-refractivity contribution is 5.88. The van der Waals surface area contributed by atoms with Gasteiger partial charge in [0.2, 0.25) is 5.88 Å². The van der Waals surface area contributed by atoms with Crippen molar-refractivity contribution in [3.63, 3.8) is 0 Å². The van der Waals surface area contributed by atoms with Gasteiger partial charge < -0.3 is 9.84 Å². The van der Waals surface area contributed by atoms with Crippen molar-refractivity contribution in [1.29, 1.82) is 5.26 Å². The third kappa shape index (κ3) is 2.66. The molecule has 1 heterocycles. The molecule has 2 rings (SSSR count). The average Bonchev–Trinajstić information content (AvgIpc) is 2.41. The Bertz CT molecular complexity index is 677. The summed E-state index contributed by atoms with van der Waals surface area (Å²) < 4.78 is 5.49. The maximum absolute atomic E-state index is 10.9. The summed E-state index contributed by atoms with van der Waals surface area (Å²) in [5.74, 6) is -0.605. The van der Waals surface area contributed by atoms with Gasteiger partial charge in [0.1, 0.15) is 23.7 Å². The van der Waals surface area contributed by atoms with Crippen molar-refractivity contribution in [1.82, 2.24) is 9.97 Å². The number of carboxylic acids is 1. The number of hydrogen-bond acceptors (Lipinski definition) is 5. The van der Waals surface area contributed by atoms with Gasteiger partial charge in [-0.15, -0.1) is 0 Å². The molecular formula is C13H9N3O3. The van der Waals surface area contributed by atoms with Gasteiger partial charge in [-0.05, 0) is 24.6 Å². The van der Waals surface area contributed by atoms with Crippen LogP contribution in [0.4, 0.5) is 0 Å². The molecule has 2 aromatic rings. The molecule has 0 fully saturated rings. The van der Waals surface area contributed by atoms with Crippen molar-refractivity contribution >= 4 is 5.97 Å². The van der Waals surface area contributed by atoms with Crippen LogP contribution >= 0.6 is 0 Å². The maximum Gasteiger partial charge on any atom is 0.335 e. The Balaban J connectivity index is 2.41. The van der Waals surface area contributed by atoms with E-state index in [1.165, 1.54) is 24.7 Å². The highest BCUT2D eigenvalue weighted by Gasteiger charge is 2.11. The van der Waals surface area contributed by atoms with Crippen molar-refractivity contribution in [3.8, 4) is 17.7 Å². The van der Waals surface area contributed by atoms with Crippen molar-refractivity contribution in [2.24, 2.45) is 0 Å². The molecule has 0 radical (unpaired) electrons. The van der Waals surface area contributed by atoms with Gasteiger partial charge in [0.25, 0.3) is 0 Å². The van der Waals surface area contributed by atoms with Crippen LogP contribution < -0.4 is 4.74 Å². The standard InChI is InChI=1S/C13H9N3O3/c1-8-2-3-9(13(17)18)4-11(8)19-12-10(5-14)6-15-7-16-12/h2-4,6-7H,1H3,(H,17,18). The second-order valence-electron chi connectivity index (χ2n) is 3.74. The van der Waals surface area contributed by atoms with E-state index in [0.29, 0.717) is 5.75 Å². The van der Waals surface area contributed by atoms with E-state index in [1.54, 1.807) is 13.0 Å². The number of nitrogens with zero attached hydrogens (tertiary/aromatic N) is 3. The van der Waals surface area contributed by atoms with Gasteiger partial charge in [-0.2, -0.15) is 5.26 Å². The zero-order valence-electron chi connectivity index (χ0n) is 9.99. The van der Waals surface area contributed by atoms with Crippen LogP contribution in [0.5, 0.6) is 11.6 Å². The van der Waals surface area contributed by atoms with Gasteiger partial charge in [0.15, 0.2) is 0 Å². The first-order valence-electron chi connectivity index (χ1n) is 5.33. The summed E-state index contributed by atoms with van der Waals surface area (Å²) in [5, 5.41) is 17.8. The van der Waals surface area contributed by atoms with Crippen LogP contribution in [0.25, 0.3) is 0 Å². The lowest BCUT2D eigenvalue weighted by molar-refractivity contribution is 0.0696. The fraction of sp³-hybridized carbons (Fsp3) is 0.0769. The number of benzene rings is 1. The molecule has 0 aliphatic heterocycles. The second kappa shape index (κ2) is 5.14. The van der Waals surface area contributed by atoms with Crippen LogP contribution in [-0.4, -0.2) is 21.0 Å². The minimum absolute atomic E-state index is 0.100. The SMILES string of the molecule is Cc1ccc(C(=O)O)cc1Oc1ncncc1C#N. The molecule has 94 valence electrons. The van der Waals surface area contributed by atoms with Crippen LogP contribution in [-0.2, 0) is 0 Å². The number of aromatic carboxylic acids is 1. The van der Waals surface area contributed by atoms with E-state index in [2.05, 4.69) is 9.97 Å². The molecule has 0 saturated carbocycles. The Kier molecular flexibility index (Phi) is 3.39. The van der Waals surface area contributed by atoms with E-state index in [1.807, 2.05) is 6.07 Å². The Morgan fingerprint density at radius 1 is 1.47 bits per heavy atom. The molecule has 1 aromatic heterocycles. The Labute approximate surface area is 108 Å². The third-order valence-corrected chi connectivity index (χ3v) is 2.44. The van der Waals surface area contributed by atoms with Crippen LogP contribution in [0.1, 0.15) is 21.5 Å². The Morgan fingerprint density at radius 2 is 2.26 bits per heavy atom. The molecule has 1 aromatic carbocycles. The summed E-state index contributed by atoms with van der Waals surface area (Å²) in [7, 11) is 0. The monoisotopic (exact) mass is 255 g/mol. The van der Waals surface area contributed by atoms with E-state index in [0.717, 1.165) is 5.56 Å². The molecule has 0 saturated heterocycles. The minimum atomic E-state index is -1.05. The van der Waals surface area contributed by atoms with Crippen molar-refractivity contribution in [3.05, 3.63) is 47.4 Å². The molecule has 0 aliphatic carbocycles. The molecule has 0 unspecified atom stereocenters. The molecule has 0 atom stereocenters. The summed E-state index contributed by atoms with van der Waals surface area (Å²) >= 11 is 0. The number of carbonyl (C=O) groups is 1. The van der Waals surface area contributed by atoms with Crippen molar-refractivity contribution < 1.29 is 14.6 Å². The van der Waals surface area contributed by atoms with Crippen LogP contribution in [0.2, 0.25) is 0 Å². The maximum atomic E-state index is 10.9. The molecule has 1 N–H and O–H groups in total. The molecule has 6 heteroatoms. The number of rotatable bonds is 3. The summed E-state index contributed by atoms with van der Waals surface area (Å²) in [6, 6.07) is 6.41. The quantitative estimate of drug-likeness (QED) is 0.902. The number of nitriles is 1. The lowest BCUT2D eigenvalue weighted by atomic mass is 10.1. The van der Waals surface area contributed by atoms with Gasteiger partial charge >= 0.3 is 5.97 Å². The summed E-state index contributed by atoms with van der Waals surface area (Å²) in [4.78, 5) is 18.5. The number of ether oxygens (including phenoxy) is 1. The van der Waals surface area contributed by atoms with Gasteiger partial charge in [-0.1, -0.05) is 6.07 Å². The normalized spacial score (nSPS) is 9.68. The van der Waals surface area contributed by atoms with E-state index in [-0.39, 0.29) is 17.0 Å². The van der Waals surface area contributed by atoms with Gasteiger partial charge in [0.05, 0.1) is 11.8 Å². The van der Waals surface area contributed by atoms with Gasteiger partial charge in [0, 0.05) is 0 Å². The number of hydrogen-bond donors (Lipinski definition) is 1. The lowest BCUT2D eigenvalue weighted by Gasteiger charge is -2.09. The van der Waals surface area contributed by atoms with Crippen LogP contribution in [0.3, 0.4) is 0 Å². The van der Waals surface area contributed by atoms with Crippen LogP contribution in [0, 0.1) is 18.3 Å². The minimum Gasteiger partial charge on any atom is -0.478 e.